The summed E-state index contributed by atoms with van der Waals surface area (Å²) in [6, 6.07) is 14.6. The lowest BCUT2D eigenvalue weighted by molar-refractivity contribution is -0.143. The maximum absolute atomic E-state index is 11.7. The fourth-order valence-electron chi connectivity index (χ4n) is 3.55. The predicted octanol–water partition coefficient (Wildman–Crippen LogP) is 2.14. The van der Waals surface area contributed by atoms with Crippen LogP contribution in [0.1, 0.15) is 27.9 Å². The van der Waals surface area contributed by atoms with Crippen LogP contribution in [-0.4, -0.2) is 30.1 Å². The molecule has 1 aliphatic rings. The SMILES string of the molecule is Cl.NNC(=O)c1cccc(OCc2cccc(CC(C(=O)O)[C@H]3CCNC3)c2)c1. The zero-order chi connectivity index (χ0) is 19.9. The van der Waals surface area contributed by atoms with E-state index in [4.69, 9.17) is 10.6 Å². The summed E-state index contributed by atoms with van der Waals surface area (Å²) in [4.78, 5) is 23.3. The van der Waals surface area contributed by atoms with Crippen molar-refractivity contribution in [3.8, 4) is 5.75 Å². The number of halogens is 1. The molecule has 0 radical (unpaired) electrons. The third-order valence-electron chi connectivity index (χ3n) is 5.06. The van der Waals surface area contributed by atoms with Gasteiger partial charge >= 0.3 is 5.97 Å². The molecule has 29 heavy (non-hydrogen) atoms. The molecule has 156 valence electrons. The third-order valence-corrected chi connectivity index (χ3v) is 5.06. The van der Waals surface area contributed by atoms with Gasteiger partial charge in [-0.25, -0.2) is 5.84 Å². The number of hydrogen-bond acceptors (Lipinski definition) is 5. The highest BCUT2D eigenvalue weighted by atomic mass is 35.5. The second-order valence-electron chi connectivity index (χ2n) is 7.01. The molecule has 5 N–H and O–H groups in total. The van der Waals surface area contributed by atoms with Gasteiger partial charge in [0, 0.05) is 5.56 Å². The van der Waals surface area contributed by atoms with Gasteiger partial charge in [-0.05, 0) is 61.2 Å². The van der Waals surface area contributed by atoms with Crippen LogP contribution in [0, 0.1) is 11.8 Å². The molecular formula is C21H26ClN3O4. The van der Waals surface area contributed by atoms with Crippen LogP contribution in [0.5, 0.6) is 5.75 Å². The molecule has 0 saturated carbocycles. The molecule has 0 bridgehead atoms. The maximum atomic E-state index is 11.7. The number of nitrogen functional groups attached to an aromatic ring is 1. The van der Waals surface area contributed by atoms with Gasteiger partial charge < -0.3 is 15.2 Å². The average Bonchev–Trinajstić information content (AvgIpc) is 3.24. The number of nitrogens with one attached hydrogen (secondary N) is 2. The van der Waals surface area contributed by atoms with Gasteiger partial charge in [-0.3, -0.25) is 15.0 Å². The molecule has 1 aliphatic heterocycles. The molecule has 3 rings (SSSR count). The summed E-state index contributed by atoms with van der Waals surface area (Å²) in [6.07, 6.45) is 1.40. The van der Waals surface area contributed by atoms with Crippen molar-refractivity contribution in [2.45, 2.75) is 19.4 Å². The lowest BCUT2D eigenvalue weighted by Crippen LogP contribution is -2.29. The molecule has 8 heteroatoms. The van der Waals surface area contributed by atoms with Crippen LogP contribution in [0.4, 0.5) is 0 Å². The summed E-state index contributed by atoms with van der Waals surface area (Å²) in [5, 5.41) is 12.9. The molecule has 1 saturated heterocycles. The minimum atomic E-state index is -0.745. The van der Waals surface area contributed by atoms with E-state index in [0.29, 0.717) is 24.3 Å². The van der Waals surface area contributed by atoms with Crippen LogP contribution < -0.4 is 21.3 Å². The van der Waals surface area contributed by atoms with Crippen LogP contribution in [0.2, 0.25) is 0 Å². The first-order valence-electron chi connectivity index (χ1n) is 9.32. The standard InChI is InChI=1S/C21H25N3O4.ClH/c22-24-20(25)16-5-2-6-18(11-16)28-13-15-4-1-3-14(9-15)10-19(21(26)27)17-7-8-23-12-17;/h1-6,9,11,17,19,23H,7-8,10,12-13,22H2,(H,24,25)(H,26,27);1H/t17-,19?;/m0./s1. The summed E-state index contributed by atoms with van der Waals surface area (Å²) in [7, 11) is 0. The van der Waals surface area contributed by atoms with Crippen molar-refractivity contribution < 1.29 is 19.4 Å². The van der Waals surface area contributed by atoms with E-state index in [1.165, 1.54) is 0 Å². The molecule has 2 aromatic rings. The van der Waals surface area contributed by atoms with Crippen molar-refractivity contribution in [1.29, 1.82) is 0 Å². The molecule has 7 nitrogen and oxygen atoms in total. The number of hydrazine groups is 1. The lowest BCUT2D eigenvalue weighted by atomic mass is 9.86. The number of carbonyl (C=O) groups excluding carboxylic acids is 1. The van der Waals surface area contributed by atoms with Gasteiger partial charge in [0.05, 0.1) is 5.92 Å². The number of rotatable bonds is 8. The van der Waals surface area contributed by atoms with E-state index >= 15 is 0 Å². The van der Waals surface area contributed by atoms with E-state index in [0.717, 1.165) is 30.6 Å². The van der Waals surface area contributed by atoms with Crippen LogP contribution in [-0.2, 0) is 17.8 Å². The molecular weight excluding hydrogens is 394 g/mol. The Labute approximate surface area is 176 Å². The molecule has 0 spiro atoms. The van der Waals surface area contributed by atoms with Crippen molar-refractivity contribution in [3.05, 3.63) is 65.2 Å². The van der Waals surface area contributed by atoms with Crippen molar-refractivity contribution >= 4 is 24.3 Å². The summed E-state index contributed by atoms with van der Waals surface area (Å²) in [5.41, 5.74) is 4.44. The highest BCUT2D eigenvalue weighted by molar-refractivity contribution is 5.94. The van der Waals surface area contributed by atoms with E-state index in [2.05, 4.69) is 10.7 Å². The third kappa shape index (κ3) is 6.19. The Morgan fingerprint density at radius 1 is 1.21 bits per heavy atom. The second kappa shape index (κ2) is 10.8. The average molecular weight is 420 g/mol. The van der Waals surface area contributed by atoms with E-state index in [-0.39, 0.29) is 24.2 Å². The predicted molar refractivity (Wildman–Crippen MR) is 112 cm³/mol. The molecule has 2 aromatic carbocycles. The van der Waals surface area contributed by atoms with E-state index in [1.807, 2.05) is 24.3 Å². The first-order chi connectivity index (χ1) is 13.6. The summed E-state index contributed by atoms with van der Waals surface area (Å²) >= 11 is 0. The summed E-state index contributed by atoms with van der Waals surface area (Å²) < 4.78 is 5.79. The molecule has 1 amide bonds. The largest absolute Gasteiger partial charge is 0.489 e. The van der Waals surface area contributed by atoms with Gasteiger partial charge in [-0.15, -0.1) is 12.4 Å². The topological polar surface area (TPSA) is 114 Å². The Morgan fingerprint density at radius 2 is 1.97 bits per heavy atom. The number of benzene rings is 2. The van der Waals surface area contributed by atoms with Gasteiger partial charge in [0.15, 0.2) is 0 Å². The van der Waals surface area contributed by atoms with Gasteiger partial charge in [-0.2, -0.15) is 0 Å². The molecule has 1 unspecified atom stereocenters. The summed E-state index contributed by atoms with van der Waals surface area (Å²) in [5.74, 6) is 4.36. The minimum Gasteiger partial charge on any atom is -0.489 e. The van der Waals surface area contributed by atoms with Crippen molar-refractivity contribution in [2.24, 2.45) is 17.7 Å². The van der Waals surface area contributed by atoms with Gasteiger partial charge in [0.1, 0.15) is 12.4 Å². The number of ether oxygens (including phenoxy) is 1. The monoisotopic (exact) mass is 419 g/mol. The molecule has 1 fully saturated rings. The quantitative estimate of drug-likeness (QED) is 0.296. The molecule has 0 aromatic heterocycles. The number of carboxylic acids is 1. The number of carboxylic acid groups (broad SMARTS) is 1. The number of amides is 1. The van der Waals surface area contributed by atoms with Gasteiger partial charge in [0.2, 0.25) is 0 Å². The fourth-order valence-corrected chi connectivity index (χ4v) is 3.55. The smallest absolute Gasteiger partial charge is 0.307 e. The van der Waals surface area contributed by atoms with Gasteiger partial charge in [-0.1, -0.05) is 30.3 Å². The molecule has 1 heterocycles. The highest BCUT2D eigenvalue weighted by Crippen LogP contribution is 2.24. The Kier molecular flexibility index (Phi) is 8.45. The Morgan fingerprint density at radius 3 is 2.66 bits per heavy atom. The Bertz CT molecular complexity index is 840. The number of hydrogen-bond donors (Lipinski definition) is 4. The molecule has 0 aliphatic carbocycles. The zero-order valence-corrected chi connectivity index (χ0v) is 16.8. The molecule has 2 atom stereocenters. The fraction of sp³-hybridized carbons (Fsp3) is 0.333. The lowest BCUT2D eigenvalue weighted by Gasteiger charge is -2.19. The minimum absolute atomic E-state index is 0. The number of carbonyl (C=O) groups is 2. The second-order valence-corrected chi connectivity index (χ2v) is 7.01. The van der Waals surface area contributed by atoms with Crippen molar-refractivity contribution in [2.75, 3.05) is 13.1 Å². The zero-order valence-electron chi connectivity index (χ0n) is 16.0. The highest BCUT2D eigenvalue weighted by Gasteiger charge is 2.30. The van der Waals surface area contributed by atoms with Crippen LogP contribution in [0.3, 0.4) is 0 Å². The Hall–Kier alpha value is -2.61. The van der Waals surface area contributed by atoms with E-state index in [9.17, 15) is 14.7 Å². The van der Waals surface area contributed by atoms with Crippen molar-refractivity contribution in [1.82, 2.24) is 10.7 Å². The van der Waals surface area contributed by atoms with Crippen LogP contribution in [0.15, 0.2) is 48.5 Å². The van der Waals surface area contributed by atoms with E-state index in [1.54, 1.807) is 24.3 Å². The van der Waals surface area contributed by atoms with E-state index < -0.39 is 11.9 Å². The van der Waals surface area contributed by atoms with Gasteiger partial charge in [0.25, 0.3) is 5.91 Å². The number of aliphatic carboxylic acids is 1. The van der Waals surface area contributed by atoms with Crippen molar-refractivity contribution in [3.63, 3.8) is 0 Å². The Balaban J connectivity index is 0.00000300. The maximum Gasteiger partial charge on any atom is 0.307 e. The van der Waals surface area contributed by atoms with Crippen LogP contribution >= 0.6 is 12.4 Å². The first kappa shape index (κ1) is 22.7. The number of nitrogens with two attached hydrogens (primary N) is 1. The first-order valence-corrected chi connectivity index (χ1v) is 9.32. The normalized spacial score (nSPS) is 16.5. The summed E-state index contributed by atoms with van der Waals surface area (Å²) in [6.45, 7) is 1.96. The van der Waals surface area contributed by atoms with Crippen LogP contribution in [0.25, 0.3) is 0 Å².